The molecule has 0 aliphatic rings. The maximum Gasteiger partial charge on any atom is 0.251 e. The number of amides is 1. The van der Waals surface area contributed by atoms with Crippen molar-refractivity contribution in [3.8, 4) is 0 Å². The fourth-order valence-electron chi connectivity index (χ4n) is 1.12. The number of benzene rings is 1. The van der Waals surface area contributed by atoms with Crippen LogP contribution in [0, 0.1) is 0 Å². The molecule has 16 heavy (non-hydrogen) atoms. The van der Waals surface area contributed by atoms with Gasteiger partial charge in [0.25, 0.3) is 5.91 Å². The summed E-state index contributed by atoms with van der Waals surface area (Å²) in [5.41, 5.74) is 9.00. The fourth-order valence-corrected chi connectivity index (χ4v) is 1.27. The lowest BCUT2D eigenvalue weighted by molar-refractivity contribution is 0.0953. The molecule has 1 rings (SSSR count). The summed E-state index contributed by atoms with van der Waals surface area (Å²) in [7, 11) is 0. The first-order valence-corrected chi connectivity index (χ1v) is 5.19. The minimum absolute atomic E-state index is 0.201. The highest BCUT2D eigenvalue weighted by Crippen LogP contribution is 2.25. The van der Waals surface area contributed by atoms with E-state index in [2.05, 4.69) is 15.3 Å². The summed E-state index contributed by atoms with van der Waals surface area (Å²) in [5.74, 6) is -0.201. The molecule has 0 heterocycles. The number of nitrogens with zero attached hydrogens (tertiary/aromatic N) is 3. The Morgan fingerprint density at radius 3 is 3.00 bits per heavy atom. The van der Waals surface area contributed by atoms with E-state index in [4.69, 9.17) is 17.1 Å². The van der Waals surface area contributed by atoms with Gasteiger partial charge < -0.3 is 5.32 Å². The van der Waals surface area contributed by atoms with Gasteiger partial charge in [-0.2, -0.15) is 0 Å². The highest BCUT2D eigenvalue weighted by molar-refractivity contribution is 6.33. The molecule has 1 aromatic rings. The lowest BCUT2D eigenvalue weighted by atomic mass is 10.2. The van der Waals surface area contributed by atoms with Crippen molar-refractivity contribution in [3.63, 3.8) is 0 Å². The van der Waals surface area contributed by atoms with Crippen molar-refractivity contribution in [1.29, 1.82) is 0 Å². The van der Waals surface area contributed by atoms with E-state index in [1.807, 2.05) is 6.92 Å². The Kier molecular flexibility index (Phi) is 4.64. The van der Waals surface area contributed by atoms with E-state index in [-0.39, 0.29) is 11.6 Å². The average molecular weight is 239 g/mol. The standard InChI is InChI=1S/C10H11ClN4O/c1-2-5-13-10(16)7-3-4-8(11)9(6-7)14-15-12/h3-4,6H,2,5H2,1H3,(H,13,16). The smallest absolute Gasteiger partial charge is 0.251 e. The van der Waals surface area contributed by atoms with Gasteiger partial charge in [-0.05, 0) is 30.2 Å². The van der Waals surface area contributed by atoms with E-state index < -0.39 is 0 Å². The van der Waals surface area contributed by atoms with Crippen LogP contribution >= 0.6 is 11.6 Å². The number of azide groups is 1. The van der Waals surface area contributed by atoms with Crippen LogP contribution < -0.4 is 5.32 Å². The Morgan fingerprint density at radius 2 is 2.38 bits per heavy atom. The van der Waals surface area contributed by atoms with E-state index in [1.165, 1.54) is 12.1 Å². The first-order chi connectivity index (χ1) is 7.69. The number of carbonyl (C=O) groups is 1. The summed E-state index contributed by atoms with van der Waals surface area (Å²) in [6.07, 6.45) is 0.864. The summed E-state index contributed by atoms with van der Waals surface area (Å²) >= 11 is 5.79. The molecule has 0 saturated carbocycles. The molecule has 0 fully saturated rings. The highest BCUT2D eigenvalue weighted by Gasteiger charge is 2.07. The van der Waals surface area contributed by atoms with Crippen molar-refractivity contribution < 1.29 is 4.79 Å². The molecule has 0 unspecified atom stereocenters. The topological polar surface area (TPSA) is 77.9 Å². The maximum atomic E-state index is 11.6. The van der Waals surface area contributed by atoms with Crippen molar-refractivity contribution in [2.45, 2.75) is 13.3 Å². The van der Waals surface area contributed by atoms with Gasteiger partial charge in [0.15, 0.2) is 0 Å². The maximum absolute atomic E-state index is 11.6. The summed E-state index contributed by atoms with van der Waals surface area (Å²) in [4.78, 5) is 14.2. The van der Waals surface area contributed by atoms with Crippen LogP contribution in [0.25, 0.3) is 10.4 Å². The van der Waals surface area contributed by atoms with Gasteiger partial charge >= 0.3 is 0 Å². The molecule has 6 heteroatoms. The third kappa shape index (κ3) is 3.15. The lowest BCUT2D eigenvalue weighted by Crippen LogP contribution is -2.23. The monoisotopic (exact) mass is 238 g/mol. The van der Waals surface area contributed by atoms with Crippen LogP contribution in [-0.2, 0) is 0 Å². The van der Waals surface area contributed by atoms with E-state index in [1.54, 1.807) is 6.07 Å². The van der Waals surface area contributed by atoms with Crippen LogP contribution in [0.5, 0.6) is 0 Å². The Bertz CT molecular complexity index is 440. The van der Waals surface area contributed by atoms with Crippen LogP contribution in [0.4, 0.5) is 5.69 Å². The van der Waals surface area contributed by atoms with Crippen LogP contribution in [-0.4, -0.2) is 12.5 Å². The highest BCUT2D eigenvalue weighted by atomic mass is 35.5. The van der Waals surface area contributed by atoms with Crippen LogP contribution in [0.15, 0.2) is 23.3 Å². The predicted molar refractivity (Wildman–Crippen MR) is 62.9 cm³/mol. The van der Waals surface area contributed by atoms with Crippen molar-refractivity contribution in [3.05, 3.63) is 39.2 Å². The van der Waals surface area contributed by atoms with E-state index in [0.717, 1.165) is 6.42 Å². The number of halogens is 1. The molecule has 0 saturated heterocycles. The van der Waals surface area contributed by atoms with Crippen molar-refractivity contribution in [2.75, 3.05) is 6.54 Å². The molecule has 1 amide bonds. The van der Waals surface area contributed by atoms with Crippen LogP contribution in [0.3, 0.4) is 0 Å². The minimum atomic E-state index is -0.201. The molecule has 0 aromatic heterocycles. The van der Waals surface area contributed by atoms with E-state index in [9.17, 15) is 4.79 Å². The van der Waals surface area contributed by atoms with Gasteiger partial charge in [0, 0.05) is 17.0 Å². The number of hydrogen-bond donors (Lipinski definition) is 1. The predicted octanol–water partition coefficient (Wildman–Crippen LogP) is 3.42. The SMILES string of the molecule is CCCNC(=O)c1ccc(Cl)c(N=[N+]=[N-])c1. The van der Waals surface area contributed by atoms with Gasteiger partial charge in [-0.3, -0.25) is 4.79 Å². The van der Waals surface area contributed by atoms with E-state index in [0.29, 0.717) is 17.1 Å². The zero-order valence-corrected chi connectivity index (χ0v) is 9.53. The Labute approximate surface area is 98.0 Å². The van der Waals surface area contributed by atoms with Gasteiger partial charge in [-0.1, -0.05) is 23.6 Å². The molecular weight excluding hydrogens is 228 g/mol. The molecular formula is C10H11ClN4O. The third-order valence-corrected chi connectivity index (χ3v) is 2.22. The Morgan fingerprint density at radius 1 is 1.62 bits per heavy atom. The molecule has 84 valence electrons. The number of hydrogen-bond acceptors (Lipinski definition) is 2. The zero-order chi connectivity index (χ0) is 12.0. The second-order valence-electron chi connectivity index (χ2n) is 3.11. The van der Waals surface area contributed by atoms with Gasteiger partial charge in [0.2, 0.25) is 0 Å². The number of rotatable bonds is 4. The average Bonchev–Trinajstić information content (AvgIpc) is 2.29. The van der Waals surface area contributed by atoms with Crippen LogP contribution in [0.2, 0.25) is 5.02 Å². The molecule has 0 bridgehead atoms. The molecule has 0 atom stereocenters. The largest absolute Gasteiger partial charge is 0.352 e. The summed E-state index contributed by atoms with van der Waals surface area (Å²) < 4.78 is 0. The van der Waals surface area contributed by atoms with Gasteiger partial charge in [-0.15, -0.1) is 0 Å². The van der Waals surface area contributed by atoms with Crippen molar-refractivity contribution in [1.82, 2.24) is 5.32 Å². The molecule has 5 nitrogen and oxygen atoms in total. The third-order valence-electron chi connectivity index (χ3n) is 1.90. The van der Waals surface area contributed by atoms with Gasteiger partial charge in [0.1, 0.15) is 0 Å². The van der Waals surface area contributed by atoms with Crippen LogP contribution in [0.1, 0.15) is 23.7 Å². The Hall–Kier alpha value is -1.71. The summed E-state index contributed by atoms with van der Waals surface area (Å²) in [5, 5.41) is 6.44. The fraction of sp³-hybridized carbons (Fsp3) is 0.300. The normalized spacial score (nSPS) is 9.38. The number of carbonyl (C=O) groups excluding carboxylic acids is 1. The molecule has 0 spiro atoms. The van der Waals surface area contributed by atoms with Gasteiger partial charge in [0.05, 0.1) is 10.7 Å². The number of nitrogens with one attached hydrogen (secondary N) is 1. The quantitative estimate of drug-likeness (QED) is 0.487. The first kappa shape index (κ1) is 12.4. The molecule has 1 aromatic carbocycles. The molecule has 0 aliphatic carbocycles. The lowest BCUT2D eigenvalue weighted by Gasteiger charge is -2.04. The molecule has 0 radical (unpaired) electrons. The summed E-state index contributed by atoms with van der Waals surface area (Å²) in [6.45, 7) is 2.58. The van der Waals surface area contributed by atoms with Crippen molar-refractivity contribution in [2.24, 2.45) is 5.11 Å². The van der Waals surface area contributed by atoms with Gasteiger partial charge in [-0.25, -0.2) is 0 Å². The first-order valence-electron chi connectivity index (χ1n) is 4.82. The second kappa shape index (κ2) is 6.00. The zero-order valence-electron chi connectivity index (χ0n) is 8.77. The Balaban J connectivity index is 2.93. The minimum Gasteiger partial charge on any atom is -0.352 e. The molecule has 0 aliphatic heterocycles. The van der Waals surface area contributed by atoms with E-state index >= 15 is 0 Å². The second-order valence-corrected chi connectivity index (χ2v) is 3.52. The summed E-state index contributed by atoms with van der Waals surface area (Å²) in [6, 6.07) is 4.59. The van der Waals surface area contributed by atoms with Crippen molar-refractivity contribution >= 4 is 23.2 Å². The molecule has 1 N–H and O–H groups in total.